The van der Waals surface area contributed by atoms with Crippen molar-refractivity contribution >= 4 is 34.2 Å². The lowest BCUT2D eigenvalue weighted by Gasteiger charge is -2.10. The highest BCUT2D eigenvalue weighted by Gasteiger charge is 2.21. The second-order valence-electron chi connectivity index (χ2n) is 6.69. The number of fused-ring (bicyclic) bond motifs is 3. The van der Waals surface area contributed by atoms with Crippen LogP contribution in [0.2, 0.25) is 0 Å². The zero-order valence-electron chi connectivity index (χ0n) is 15.5. The number of hydrogen-bond acceptors (Lipinski definition) is 5. The van der Waals surface area contributed by atoms with E-state index in [9.17, 15) is 14.4 Å². The fraction of sp³-hybridized carbons (Fsp3) is 0. The zero-order chi connectivity index (χ0) is 20.7. The third kappa shape index (κ3) is 3.08. The van der Waals surface area contributed by atoms with E-state index in [0.717, 1.165) is 6.07 Å². The Balaban J connectivity index is 1.45. The lowest BCUT2D eigenvalue weighted by molar-refractivity contribution is 0.0993. The van der Waals surface area contributed by atoms with Crippen molar-refractivity contribution in [2.45, 2.75) is 0 Å². The van der Waals surface area contributed by atoms with Gasteiger partial charge in [0.2, 0.25) is 0 Å². The van der Waals surface area contributed by atoms with Crippen LogP contribution in [0.4, 0.5) is 11.4 Å². The average molecular weight is 398 g/mol. The summed E-state index contributed by atoms with van der Waals surface area (Å²) in [7, 11) is 0. The predicted molar refractivity (Wildman–Crippen MR) is 111 cm³/mol. The molecule has 0 unspecified atom stereocenters. The van der Waals surface area contributed by atoms with Gasteiger partial charge in [-0.1, -0.05) is 24.3 Å². The molecular formula is C23H14N2O5. The van der Waals surface area contributed by atoms with Gasteiger partial charge in [0.05, 0.1) is 16.6 Å². The van der Waals surface area contributed by atoms with Crippen LogP contribution in [0, 0.1) is 0 Å². The fourth-order valence-corrected chi connectivity index (χ4v) is 3.25. The zero-order valence-corrected chi connectivity index (χ0v) is 15.5. The van der Waals surface area contributed by atoms with Crippen molar-refractivity contribution in [1.82, 2.24) is 0 Å². The topological polar surface area (TPSA) is 97.6 Å². The van der Waals surface area contributed by atoms with E-state index in [0.29, 0.717) is 33.8 Å². The average Bonchev–Trinajstić information content (AvgIpc) is 2.89. The lowest BCUT2D eigenvalue weighted by atomic mass is 10.1. The fourth-order valence-electron chi connectivity index (χ4n) is 3.25. The highest BCUT2D eigenvalue weighted by molar-refractivity contribution is 6.09. The molecule has 0 spiro atoms. The van der Waals surface area contributed by atoms with Gasteiger partial charge >= 0.3 is 0 Å². The van der Waals surface area contributed by atoms with Gasteiger partial charge in [0.25, 0.3) is 11.8 Å². The molecule has 0 bridgehead atoms. The van der Waals surface area contributed by atoms with Crippen molar-refractivity contribution in [2.24, 2.45) is 0 Å². The number of carbonyl (C=O) groups excluding carboxylic acids is 2. The molecule has 0 radical (unpaired) electrons. The Morgan fingerprint density at radius 1 is 0.867 bits per heavy atom. The molecule has 0 atom stereocenters. The SMILES string of the molecule is O=C(Nc1ccc2c(c1)C(=O)Nc1ccccc1O2)c1cc(=O)c2ccccc2o1. The molecule has 0 fully saturated rings. The van der Waals surface area contributed by atoms with Crippen LogP contribution < -0.4 is 20.8 Å². The number of nitrogens with one attached hydrogen (secondary N) is 2. The van der Waals surface area contributed by atoms with E-state index in [4.69, 9.17) is 9.15 Å². The molecule has 2 amide bonds. The van der Waals surface area contributed by atoms with E-state index >= 15 is 0 Å². The van der Waals surface area contributed by atoms with E-state index in [1.807, 2.05) is 6.07 Å². The number of benzene rings is 3. The summed E-state index contributed by atoms with van der Waals surface area (Å²) >= 11 is 0. The van der Waals surface area contributed by atoms with Crippen LogP contribution in [0.3, 0.4) is 0 Å². The van der Waals surface area contributed by atoms with Crippen LogP contribution in [0.5, 0.6) is 11.5 Å². The first-order chi connectivity index (χ1) is 14.6. The maximum absolute atomic E-state index is 12.6. The molecule has 30 heavy (non-hydrogen) atoms. The number of carbonyl (C=O) groups is 2. The summed E-state index contributed by atoms with van der Waals surface area (Å²) in [5.74, 6) is -0.187. The highest BCUT2D eigenvalue weighted by atomic mass is 16.5. The summed E-state index contributed by atoms with van der Waals surface area (Å²) in [4.78, 5) is 37.5. The maximum atomic E-state index is 12.6. The first-order valence-electron chi connectivity index (χ1n) is 9.15. The van der Waals surface area contributed by atoms with E-state index in [-0.39, 0.29) is 22.7 Å². The molecule has 1 aliphatic rings. The van der Waals surface area contributed by atoms with Crippen molar-refractivity contribution in [3.05, 3.63) is 94.3 Å². The van der Waals surface area contributed by atoms with Gasteiger partial charge < -0.3 is 19.8 Å². The van der Waals surface area contributed by atoms with Gasteiger partial charge in [-0.25, -0.2) is 0 Å². The Morgan fingerprint density at radius 2 is 1.67 bits per heavy atom. The minimum Gasteiger partial charge on any atom is -0.454 e. The summed E-state index contributed by atoms with van der Waals surface area (Å²) in [5.41, 5.74) is 1.20. The van der Waals surface area contributed by atoms with Crippen molar-refractivity contribution in [2.75, 3.05) is 10.6 Å². The second-order valence-corrected chi connectivity index (χ2v) is 6.69. The van der Waals surface area contributed by atoms with Crippen molar-refractivity contribution in [1.29, 1.82) is 0 Å². The molecule has 2 heterocycles. The molecule has 2 N–H and O–H groups in total. The van der Waals surface area contributed by atoms with Crippen molar-refractivity contribution < 1.29 is 18.7 Å². The van der Waals surface area contributed by atoms with Crippen LogP contribution >= 0.6 is 0 Å². The molecule has 1 aliphatic heterocycles. The quantitative estimate of drug-likeness (QED) is 0.521. The highest BCUT2D eigenvalue weighted by Crippen LogP contribution is 2.36. The van der Waals surface area contributed by atoms with Gasteiger partial charge in [-0.15, -0.1) is 0 Å². The third-order valence-corrected chi connectivity index (χ3v) is 4.70. The largest absolute Gasteiger partial charge is 0.454 e. The van der Waals surface area contributed by atoms with Gasteiger partial charge in [-0.05, 0) is 42.5 Å². The summed E-state index contributed by atoms with van der Waals surface area (Å²) < 4.78 is 11.4. The van der Waals surface area contributed by atoms with E-state index in [1.165, 1.54) is 6.07 Å². The van der Waals surface area contributed by atoms with Crippen LogP contribution in [0.15, 0.2) is 82.0 Å². The van der Waals surface area contributed by atoms with Crippen LogP contribution in [0.1, 0.15) is 20.9 Å². The molecule has 7 nitrogen and oxygen atoms in total. The number of ether oxygens (including phenoxy) is 1. The molecule has 4 aromatic rings. The molecular weight excluding hydrogens is 384 g/mol. The Labute approximate surface area is 169 Å². The minimum absolute atomic E-state index is 0.123. The smallest absolute Gasteiger partial charge is 0.291 e. The molecule has 7 heteroatoms. The molecule has 0 aliphatic carbocycles. The molecule has 1 aromatic heterocycles. The number of amides is 2. The number of rotatable bonds is 2. The number of hydrogen-bond donors (Lipinski definition) is 2. The number of anilines is 2. The first kappa shape index (κ1) is 17.7. The van der Waals surface area contributed by atoms with E-state index in [2.05, 4.69) is 10.6 Å². The van der Waals surface area contributed by atoms with Crippen molar-refractivity contribution in [3.8, 4) is 11.5 Å². The number of para-hydroxylation sites is 3. The van der Waals surface area contributed by atoms with E-state index < -0.39 is 5.91 Å². The van der Waals surface area contributed by atoms with E-state index in [1.54, 1.807) is 54.6 Å². The molecule has 146 valence electrons. The predicted octanol–water partition coefficient (Wildman–Crippen LogP) is 4.40. The second kappa shape index (κ2) is 6.89. The Bertz CT molecular complexity index is 1390. The summed E-state index contributed by atoms with van der Waals surface area (Å²) in [6.45, 7) is 0. The Hall–Kier alpha value is -4.39. The van der Waals surface area contributed by atoms with Crippen LogP contribution in [0.25, 0.3) is 11.0 Å². The molecule has 0 saturated carbocycles. The Kier molecular flexibility index (Phi) is 4.07. The lowest BCUT2D eigenvalue weighted by Crippen LogP contribution is -2.16. The summed E-state index contributed by atoms with van der Waals surface area (Å²) in [5, 5.41) is 5.83. The maximum Gasteiger partial charge on any atom is 0.291 e. The van der Waals surface area contributed by atoms with Gasteiger partial charge in [-0.2, -0.15) is 0 Å². The summed E-state index contributed by atoms with van der Waals surface area (Å²) in [6.07, 6.45) is 0. The van der Waals surface area contributed by atoms with Gasteiger partial charge in [0.1, 0.15) is 11.3 Å². The Morgan fingerprint density at radius 3 is 2.57 bits per heavy atom. The molecule has 5 rings (SSSR count). The summed E-state index contributed by atoms with van der Waals surface area (Å²) in [6, 6.07) is 19.6. The van der Waals surface area contributed by atoms with Crippen LogP contribution in [-0.2, 0) is 0 Å². The standard InChI is InChI=1S/C23H14N2O5/c26-17-12-21(30-18-7-3-1-5-14(17)18)23(28)24-13-9-10-19-15(11-13)22(27)25-16-6-2-4-8-20(16)29-19/h1-12H,(H,24,28)(H,25,27). The first-order valence-corrected chi connectivity index (χ1v) is 9.15. The molecule has 3 aromatic carbocycles. The molecule has 0 saturated heterocycles. The normalized spacial score (nSPS) is 12.2. The third-order valence-electron chi connectivity index (χ3n) is 4.70. The van der Waals surface area contributed by atoms with Gasteiger partial charge in [0, 0.05) is 11.8 Å². The van der Waals surface area contributed by atoms with Gasteiger partial charge in [0.15, 0.2) is 16.9 Å². The minimum atomic E-state index is -0.601. The van der Waals surface area contributed by atoms with Crippen molar-refractivity contribution in [3.63, 3.8) is 0 Å². The van der Waals surface area contributed by atoms with Crippen LogP contribution in [-0.4, -0.2) is 11.8 Å². The van der Waals surface area contributed by atoms with Gasteiger partial charge in [-0.3, -0.25) is 14.4 Å². The monoisotopic (exact) mass is 398 g/mol.